The summed E-state index contributed by atoms with van der Waals surface area (Å²) < 4.78 is 5.36. The van der Waals surface area contributed by atoms with Crippen LogP contribution in [0, 0.1) is 23.7 Å². The van der Waals surface area contributed by atoms with Crippen LogP contribution in [-0.2, 0) is 6.54 Å². The molecule has 5 aromatic rings. The zero-order valence-corrected chi connectivity index (χ0v) is 21.5. The molecule has 0 spiro atoms. The lowest BCUT2D eigenvalue weighted by molar-refractivity contribution is 0.251. The van der Waals surface area contributed by atoms with Crippen molar-refractivity contribution in [2.24, 2.45) is 0 Å². The third kappa shape index (κ3) is 5.28. The SMILES string of the molecule is COc1ccc(CN2[C@H](C#Cc3ccc4ccccc4c3)CC[C@H]2C#Cc2ccc3ccccc3c2)cc1. The number of rotatable bonds is 3. The number of likely N-dealkylation sites (tertiary alicyclic amines) is 1. The van der Waals surface area contributed by atoms with Gasteiger partial charge >= 0.3 is 0 Å². The van der Waals surface area contributed by atoms with Crippen LogP contribution in [-0.4, -0.2) is 24.1 Å². The predicted molar refractivity (Wildman–Crippen MR) is 157 cm³/mol. The van der Waals surface area contributed by atoms with Crippen molar-refractivity contribution in [2.45, 2.75) is 31.5 Å². The van der Waals surface area contributed by atoms with E-state index in [0.29, 0.717) is 0 Å². The maximum absolute atomic E-state index is 5.36. The molecule has 2 nitrogen and oxygen atoms in total. The average molecular weight is 492 g/mol. The maximum atomic E-state index is 5.36. The van der Waals surface area contributed by atoms with E-state index in [-0.39, 0.29) is 12.1 Å². The first-order chi connectivity index (χ1) is 18.7. The molecule has 38 heavy (non-hydrogen) atoms. The van der Waals surface area contributed by atoms with Gasteiger partial charge in [0.25, 0.3) is 0 Å². The second-order valence-corrected chi connectivity index (χ2v) is 9.79. The van der Waals surface area contributed by atoms with Gasteiger partial charge in [-0.1, -0.05) is 96.5 Å². The van der Waals surface area contributed by atoms with Crippen molar-refractivity contribution in [1.29, 1.82) is 0 Å². The summed E-state index contributed by atoms with van der Waals surface area (Å²) in [7, 11) is 1.70. The third-order valence-corrected chi connectivity index (χ3v) is 7.30. The normalized spacial score (nSPS) is 17.0. The summed E-state index contributed by atoms with van der Waals surface area (Å²) in [5, 5.41) is 4.92. The lowest BCUT2D eigenvalue weighted by atomic mass is 10.1. The average Bonchev–Trinajstić information content (AvgIpc) is 3.36. The van der Waals surface area contributed by atoms with Crippen molar-refractivity contribution in [3.8, 4) is 29.4 Å². The molecule has 0 saturated carbocycles. The smallest absolute Gasteiger partial charge is 0.118 e. The molecule has 1 heterocycles. The van der Waals surface area contributed by atoms with E-state index < -0.39 is 0 Å². The Morgan fingerprint density at radius 3 is 1.63 bits per heavy atom. The minimum atomic E-state index is 0.152. The van der Waals surface area contributed by atoms with Crippen LogP contribution >= 0.6 is 0 Å². The van der Waals surface area contributed by atoms with E-state index in [0.717, 1.165) is 36.3 Å². The molecule has 0 aromatic heterocycles. The minimum absolute atomic E-state index is 0.152. The third-order valence-electron chi connectivity index (χ3n) is 7.30. The van der Waals surface area contributed by atoms with Crippen LogP contribution in [0.4, 0.5) is 0 Å². The number of fused-ring (bicyclic) bond motifs is 2. The molecule has 0 radical (unpaired) electrons. The highest BCUT2D eigenvalue weighted by Crippen LogP contribution is 2.27. The van der Waals surface area contributed by atoms with Crippen molar-refractivity contribution in [2.75, 3.05) is 7.11 Å². The van der Waals surface area contributed by atoms with Crippen molar-refractivity contribution in [1.82, 2.24) is 4.90 Å². The number of hydrogen-bond donors (Lipinski definition) is 0. The Morgan fingerprint density at radius 2 is 1.13 bits per heavy atom. The zero-order valence-electron chi connectivity index (χ0n) is 21.5. The first kappa shape index (κ1) is 23.9. The molecule has 1 aliphatic rings. The Kier molecular flexibility index (Phi) is 6.82. The van der Waals surface area contributed by atoms with Gasteiger partial charge in [-0.2, -0.15) is 0 Å². The monoisotopic (exact) mass is 491 g/mol. The first-order valence-electron chi connectivity index (χ1n) is 13.1. The van der Waals surface area contributed by atoms with Crippen LogP contribution in [0.15, 0.2) is 109 Å². The standard InChI is InChI=1S/C36H29NO/c1-38-36-22-14-29(15-23-36)26-37-34(18-12-27-10-16-30-6-2-4-8-32(30)24-27)20-21-35(37)19-13-28-11-17-31-7-3-5-9-33(31)25-28/h2-11,14-17,22-25,34-35H,20-21,26H2,1H3/t34-,35-/m1/s1. The molecular formula is C36H29NO. The van der Waals surface area contributed by atoms with Gasteiger partial charge in [0, 0.05) is 17.7 Å². The fraction of sp³-hybridized carbons (Fsp3) is 0.167. The van der Waals surface area contributed by atoms with Gasteiger partial charge in [0.2, 0.25) is 0 Å². The van der Waals surface area contributed by atoms with Gasteiger partial charge in [-0.3, -0.25) is 4.90 Å². The van der Waals surface area contributed by atoms with Crippen molar-refractivity contribution in [3.05, 3.63) is 126 Å². The van der Waals surface area contributed by atoms with Crippen LogP contribution < -0.4 is 4.74 Å². The van der Waals surface area contributed by atoms with Crippen LogP contribution in [0.25, 0.3) is 21.5 Å². The van der Waals surface area contributed by atoms with Gasteiger partial charge in [-0.15, -0.1) is 0 Å². The van der Waals surface area contributed by atoms with E-state index in [2.05, 4.69) is 126 Å². The predicted octanol–water partition coefficient (Wildman–Crippen LogP) is 7.44. The highest BCUT2D eigenvalue weighted by Gasteiger charge is 2.31. The molecule has 1 aliphatic heterocycles. The Balaban J connectivity index is 1.28. The number of benzene rings is 5. The molecule has 1 saturated heterocycles. The second kappa shape index (κ2) is 10.9. The van der Waals surface area contributed by atoms with E-state index in [9.17, 15) is 0 Å². The van der Waals surface area contributed by atoms with Gasteiger partial charge in [0.1, 0.15) is 5.75 Å². The lowest BCUT2D eigenvalue weighted by Crippen LogP contribution is -2.34. The number of methoxy groups -OCH3 is 1. The van der Waals surface area contributed by atoms with Crippen LogP contribution in [0.3, 0.4) is 0 Å². The summed E-state index contributed by atoms with van der Waals surface area (Å²) in [6, 6.07) is 38.4. The molecule has 5 aromatic carbocycles. The Morgan fingerprint density at radius 1 is 0.632 bits per heavy atom. The Labute approximate surface area is 224 Å². The summed E-state index contributed by atoms with van der Waals surface area (Å²) in [5.41, 5.74) is 3.35. The second-order valence-electron chi connectivity index (χ2n) is 9.79. The molecule has 0 aliphatic carbocycles. The highest BCUT2D eigenvalue weighted by molar-refractivity contribution is 5.84. The van der Waals surface area contributed by atoms with Crippen molar-refractivity contribution < 1.29 is 4.74 Å². The van der Waals surface area contributed by atoms with E-state index in [4.69, 9.17) is 4.74 Å². The molecule has 0 unspecified atom stereocenters. The Hall–Kier alpha value is -4.50. The molecular weight excluding hydrogens is 462 g/mol. The molecule has 0 bridgehead atoms. The Bertz CT molecular complexity index is 1610. The largest absolute Gasteiger partial charge is 0.497 e. The molecule has 6 rings (SSSR count). The fourth-order valence-electron chi connectivity index (χ4n) is 5.20. The number of ether oxygens (including phenoxy) is 1. The fourth-order valence-corrected chi connectivity index (χ4v) is 5.20. The van der Waals surface area contributed by atoms with Crippen molar-refractivity contribution >= 4 is 21.5 Å². The van der Waals surface area contributed by atoms with E-state index in [1.807, 2.05) is 12.1 Å². The highest BCUT2D eigenvalue weighted by atomic mass is 16.5. The van der Waals surface area contributed by atoms with Gasteiger partial charge in [0.15, 0.2) is 0 Å². The quantitative estimate of drug-likeness (QED) is 0.243. The first-order valence-corrected chi connectivity index (χ1v) is 13.1. The van der Waals surface area contributed by atoms with E-state index in [1.165, 1.54) is 27.1 Å². The lowest BCUT2D eigenvalue weighted by Gasteiger charge is -2.24. The van der Waals surface area contributed by atoms with Gasteiger partial charge in [0.05, 0.1) is 19.2 Å². The maximum Gasteiger partial charge on any atom is 0.118 e. The zero-order chi connectivity index (χ0) is 25.7. The topological polar surface area (TPSA) is 12.5 Å². The molecule has 2 heteroatoms. The molecule has 2 atom stereocenters. The van der Waals surface area contributed by atoms with Crippen LogP contribution in [0.5, 0.6) is 5.75 Å². The molecule has 1 fully saturated rings. The van der Waals surface area contributed by atoms with E-state index in [1.54, 1.807) is 7.11 Å². The summed E-state index contributed by atoms with van der Waals surface area (Å²) in [4.78, 5) is 2.46. The summed E-state index contributed by atoms with van der Waals surface area (Å²) in [6.07, 6.45) is 2.02. The molecule has 184 valence electrons. The van der Waals surface area contributed by atoms with E-state index >= 15 is 0 Å². The summed E-state index contributed by atoms with van der Waals surface area (Å²) >= 11 is 0. The molecule has 0 amide bonds. The number of nitrogens with zero attached hydrogens (tertiary/aromatic N) is 1. The minimum Gasteiger partial charge on any atom is -0.497 e. The summed E-state index contributed by atoms with van der Waals surface area (Å²) in [6.45, 7) is 0.804. The van der Waals surface area contributed by atoms with Gasteiger partial charge < -0.3 is 4.74 Å². The van der Waals surface area contributed by atoms with Gasteiger partial charge in [-0.05, 0) is 76.3 Å². The van der Waals surface area contributed by atoms with Gasteiger partial charge in [-0.25, -0.2) is 0 Å². The summed E-state index contributed by atoms with van der Waals surface area (Å²) in [5.74, 6) is 15.0. The van der Waals surface area contributed by atoms with Crippen LogP contribution in [0.1, 0.15) is 29.5 Å². The number of hydrogen-bond acceptors (Lipinski definition) is 2. The van der Waals surface area contributed by atoms with Crippen LogP contribution in [0.2, 0.25) is 0 Å². The van der Waals surface area contributed by atoms with Crippen molar-refractivity contribution in [3.63, 3.8) is 0 Å². The molecule has 0 N–H and O–H groups in total.